The van der Waals surface area contributed by atoms with Gasteiger partial charge < -0.3 is 5.73 Å². The lowest BCUT2D eigenvalue weighted by Gasteiger charge is -2.39. The van der Waals surface area contributed by atoms with Crippen LogP contribution in [0.15, 0.2) is 46.9 Å². The normalized spacial score (nSPS) is 19.5. The summed E-state index contributed by atoms with van der Waals surface area (Å²) in [6.45, 7) is 6.02. The lowest BCUT2D eigenvalue weighted by Crippen LogP contribution is -2.38. The molecule has 4 rings (SSSR count). The second-order valence-electron chi connectivity index (χ2n) is 7.62. The maximum Gasteiger partial charge on any atom is 0.161 e. The molecule has 0 fully saturated rings. The van der Waals surface area contributed by atoms with Gasteiger partial charge in [0.2, 0.25) is 0 Å². The number of Topliss-reactive ketones (excluding diaryl/α,β-unsaturated/α-hetero) is 1. The maximum atomic E-state index is 13.1. The first-order chi connectivity index (χ1) is 13.8. The molecule has 29 heavy (non-hydrogen) atoms. The Bertz CT molecular complexity index is 1140. The van der Waals surface area contributed by atoms with E-state index in [0.717, 1.165) is 45.1 Å². The third-order valence-corrected chi connectivity index (χ3v) is 7.11. The maximum absolute atomic E-state index is 13.1. The van der Waals surface area contributed by atoms with Crippen LogP contribution in [0.2, 0.25) is 5.02 Å². The number of hydrogen-bond donors (Lipinski definition) is 1. The third-order valence-electron chi connectivity index (χ3n) is 5.72. The van der Waals surface area contributed by atoms with Gasteiger partial charge in [-0.1, -0.05) is 17.7 Å². The molecule has 6 heteroatoms. The van der Waals surface area contributed by atoms with Crippen molar-refractivity contribution in [1.82, 2.24) is 0 Å². The third kappa shape index (κ3) is 3.17. The minimum absolute atomic E-state index is 0.1000. The first-order valence-corrected chi connectivity index (χ1v) is 10.8. The fraction of sp³-hybridized carbons (Fsp3) is 0.304. The van der Waals surface area contributed by atoms with Gasteiger partial charge >= 0.3 is 0 Å². The number of benzene rings is 1. The van der Waals surface area contributed by atoms with Gasteiger partial charge in [0, 0.05) is 38.2 Å². The van der Waals surface area contributed by atoms with Crippen molar-refractivity contribution in [2.75, 3.05) is 4.90 Å². The number of nitrogens with zero attached hydrogens (tertiary/aromatic N) is 2. The van der Waals surface area contributed by atoms with Crippen molar-refractivity contribution < 1.29 is 4.79 Å². The Labute approximate surface area is 179 Å². The largest absolute Gasteiger partial charge is 0.384 e. The number of carbonyl (C=O) groups excluding carboxylic acids is 1. The molecular weight excluding hydrogens is 402 g/mol. The van der Waals surface area contributed by atoms with E-state index in [9.17, 15) is 10.1 Å². The van der Waals surface area contributed by atoms with Crippen LogP contribution in [0, 0.1) is 32.1 Å². The minimum Gasteiger partial charge on any atom is -0.384 e. The van der Waals surface area contributed by atoms with Crippen LogP contribution in [-0.2, 0) is 4.79 Å². The SMILES string of the molecule is Cc1cc(C2C(C#N)=C(N)N(c3ccc(C)c(Cl)c3)C3=C2C(=O)CCC3)c(C)s1. The van der Waals surface area contributed by atoms with E-state index in [2.05, 4.69) is 12.1 Å². The van der Waals surface area contributed by atoms with E-state index in [4.69, 9.17) is 17.3 Å². The van der Waals surface area contributed by atoms with E-state index >= 15 is 0 Å². The van der Waals surface area contributed by atoms with Gasteiger partial charge in [0.05, 0.1) is 17.6 Å². The molecule has 2 heterocycles. The van der Waals surface area contributed by atoms with E-state index in [1.165, 1.54) is 0 Å². The number of nitrogens with two attached hydrogens (primary N) is 1. The summed E-state index contributed by atoms with van der Waals surface area (Å²) < 4.78 is 0. The Morgan fingerprint density at radius 3 is 2.62 bits per heavy atom. The summed E-state index contributed by atoms with van der Waals surface area (Å²) in [6.07, 6.45) is 2.01. The van der Waals surface area contributed by atoms with Crippen molar-refractivity contribution in [3.8, 4) is 6.07 Å². The summed E-state index contributed by atoms with van der Waals surface area (Å²) >= 11 is 8.05. The quantitative estimate of drug-likeness (QED) is 0.679. The topological polar surface area (TPSA) is 70.1 Å². The van der Waals surface area contributed by atoms with Crippen molar-refractivity contribution in [2.45, 2.75) is 46.0 Å². The predicted octanol–water partition coefficient (Wildman–Crippen LogP) is 5.63. The molecule has 1 unspecified atom stereocenters. The molecule has 1 atom stereocenters. The molecule has 0 saturated carbocycles. The molecule has 4 nitrogen and oxygen atoms in total. The van der Waals surface area contributed by atoms with Crippen molar-refractivity contribution in [1.29, 1.82) is 5.26 Å². The number of aryl methyl sites for hydroxylation is 3. The van der Waals surface area contributed by atoms with Crippen molar-refractivity contribution in [3.63, 3.8) is 0 Å². The smallest absolute Gasteiger partial charge is 0.161 e. The van der Waals surface area contributed by atoms with Crippen molar-refractivity contribution >= 4 is 34.4 Å². The zero-order chi connectivity index (χ0) is 20.9. The van der Waals surface area contributed by atoms with Gasteiger partial charge in [-0.3, -0.25) is 9.69 Å². The fourth-order valence-corrected chi connectivity index (χ4v) is 5.49. The molecule has 1 aliphatic heterocycles. The number of anilines is 1. The van der Waals surface area contributed by atoms with Crippen molar-refractivity contribution in [2.24, 2.45) is 5.73 Å². The Morgan fingerprint density at radius 1 is 1.24 bits per heavy atom. The van der Waals surface area contributed by atoms with E-state index in [-0.39, 0.29) is 5.78 Å². The second-order valence-corrected chi connectivity index (χ2v) is 9.49. The zero-order valence-electron chi connectivity index (χ0n) is 16.7. The van der Waals surface area contributed by atoms with Crippen LogP contribution >= 0.6 is 22.9 Å². The number of halogens is 1. The number of allylic oxidation sites excluding steroid dienone is 3. The average Bonchev–Trinajstić information content (AvgIpc) is 3.01. The second kappa shape index (κ2) is 7.37. The number of nitriles is 1. The highest BCUT2D eigenvalue weighted by atomic mass is 35.5. The lowest BCUT2D eigenvalue weighted by atomic mass is 9.75. The zero-order valence-corrected chi connectivity index (χ0v) is 18.2. The minimum atomic E-state index is -0.398. The molecule has 2 aliphatic rings. The Balaban J connectivity index is 1.99. The van der Waals surface area contributed by atoms with Crippen LogP contribution in [-0.4, -0.2) is 5.78 Å². The number of carbonyl (C=O) groups is 1. The molecule has 1 aromatic heterocycles. The molecular formula is C23H22ClN3OS. The van der Waals surface area contributed by atoms with Gasteiger partial charge in [-0.25, -0.2) is 0 Å². The van der Waals surface area contributed by atoms with Crippen LogP contribution in [0.1, 0.15) is 46.1 Å². The first kappa shape index (κ1) is 19.8. The highest BCUT2D eigenvalue weighted by Gasteiger charge is 2.41. The fourth-order valence-electron chi connectivity index (χ4n) is 4.35. The molecule has 2 aromatic rings. The van der Waals surface area contributed by atoms with Gasteiger partial charge in [-0.05, 0) is 62.9 Å². The average molecular weight is 424 g/mol. The number of hydrogen-bond acceptors (Lipinski definition) is 5. The Morgan fingerprint density at radius 2 is 2.00 bits per heavy atom. The predicted molar refractivity (Wildman–Crippen MR) is 118 cm³/mol. The summed E-state index contributed by atoms with van der Waals surface area (Å²) in [5.74, 6) is 0.0852. The monoisotopic (exact) mass is 423 g/mol. The number of rotatable bonds is 2. The van der Waals surface area contributed by atoms with Gasteiger partial charge in [0.15, 0.2) is 5.78 Å². The van der Waals surface area contributed by atoms with E-state index in [1.807, 2.05) is 43.9 Å². The molecule has 1 aromatic carbocycles. The summed E-state index contributed by atoms with van der Waals surface area (Å²) in [4.78, 5) is 17.3. The van der Waals surface area contributed by atoms with Crippen molar-refractivity contribution in [3.05, 3.63) is 72.8 Å². The highest BCUT2D eigenvalue weighted by molar-refractivity contribution is 7.12. The molecule has 0 amide bonds. The van der Waals surface area contributed by atoms with Crippen LogP contribution in [0.25, 0.3) is 0 Å². The van der Waals surface area contributed by atoms with Crippen LogP contribution in [0.3, 0.4) is 0 Å². The molecule has 0 saturated heterocycles. The number of ketones is 1. The summed E-state index contributed by atoms with van der Waals surface area (Å²) in [7, 11) is 0. The summed E-state index contributed by atoms with van der Waals surface area (Å²) in [5.41, 5.74) is 11.4. The summed E-state index contributed by atoms with van der Waals surface area (Å²) in [6, 6.07) is 10.1. The van der Waals surface area contributed by atoms with Gasteiger partial charge in [0.25, 0.3) is 0 Å². The lowest BCUT2D eigenvalue weighted by molar-refractivity contribution is -0.116. The van der Waals surface area contributed by atoms with Gasteiger partial charge in [-0.15, -0.1) is 11.3 Å². The van der Waals surface area contributed by atoms with Crippen LogP contribution in [0.4, 0.5) is 5.69 Å². The Kier molecular flexibility index (Phi) is 5.02. The summed E-state index contributed by atoms with van der Waals surface area (Å²) in [5, 5.41) is 10.7. The highest BCUT2D eigenvalue weighted by Crippen LogP contribution is 2.48. The molecule has 0 spiro atoms. The molecule has 1 aliphatic carbocycles. The molecule has 0 bridgehead atoms. The van der Waals surface area contributed by atoms with Gasteiger partial charge in [-0.2, -0.15) is 5.26 Å². The Hall–Kier alpha value is -2.55. The molecule has 2 N–H and O–H groups in total. The molecule has 148 valence electrons. The van der Waals surface area contributed by atoms with E-state index in [1.54, 1.807) is 11.3 Å². The number of thiophene rings is 1. The van der Waals surface area contributed by atoms with Crippen LogP contribution < -0.4 is 10.6 Å². The van der Waals surface area contributed by atoms with Gasteiger partial charge in [0.1, 0.15) is 5.82 Å². The van der Waals surface area contributed by atoms with E-state index in [0.29, 0.717) is 28.4 Å². The standard InChI is InChI=1S/C23H22ClN3OS/c1-12-7-8-15(10-18(12)24)27-19-5-4-6-20(28)22(19)21(17(11-25)23(27)26)16-9-13(2)29-14(16)3/h7-10,21H,4-6,26H2,1-3H3. The van der Waals surface area contributed by atoms with Crippen LogP contribution in [0.5, 0.6) is 0 Å². The molecule has 0 radical (unpaired) electrons. The van der Waals surface area contributed by atoms with E-state index < -0.39 is 5.92 Å². The first-order valence-electron chi connectivity index (χ1n) is 9.62.